The van der Waals surface area contributed by atoms with Gasteiger partial charge in [0.1, 0.15) is 5.84 Å². The van der Waals surface area contributed by atoms with Crippen molar-refractivity contribution in [1.82, 2.24) is 5.32 Å². The summed E-state index contributed by atoms with van der Waals surface area (Å²) in [6.45, 7) is 7.46. The van der Waals surface area contributed by atoms with E-state index in [1.54, 1.807) is 0 Å². The summed E-state index contributed by atoms with van der Waals surface area (Å²) in [6.07, 6.45) is 10.1. The molecule has 0 spiro atoms. The maximum Gasteiger partial charge on any atom is 0.144 e. The number of amidine groups is 1. The fraction of sp³-hybridized carbons (Fsp3) is 0.938. The first-order valence-electron chi connectivity index (χ1n) is 8.21. The van der Waals surface area contributed by atoms with Gasteiger partial charge in [-0.25, -0.2) is 0 Å². The van der Waals surface area contributed by atoms with E-state index in [9.17, 15) is 0 Å². The first-order chi connectivity index (χ1) is 9.49. The molecule has 0 aliphatic heterocycles. The van der Waals surface area contributed by atoms with Gasteiger partial charge in [0.2, 0.25) is 0 Å². The lowest BCUT2D eigenvalue weighted by Gasteiger charge is -2.28. The number of nitrogens with one attached hydrogen (secondary N) is 1. The maximum absolute atomic E-state index is 8.74. The lowest BCUT2D eigenvalue weighted by atomic mass is 9.84. The Hall–Kier alpha value is -0.770. The zero-order chi connectivity index (χ0) is 15.0. The molecule has 118 valence electrons. The second-order valence-electron chi connectivity index (χ2n) is 6.91. The molecule has 1 aliphatic rings. The minimum absolute atomic E-state index is 0.200. The summed E-state index contributed by atoms with van der Waals surface area (Å²) in [5, 5.41) is 15.5. The largest absolute Gasteiger partial charge is 0.409 e. The Balaban J connectivity index is 2.08. The van der Waals surface area contributed by atoms with Crippen LogP contribution in [0.1, 0.15) is 72.1 Å². The summed E-state index contributed by atoms with van der Waals surface area (Å²) >= 11 is 0. The Morgan fingerprint density at radius 3 is 2.45 bits per heavy atom. The van der Waals surface area contributed by atoms with Gasteiger partial charge in [-0.1, -0.05) is 38.8 Å². The summed E-state index contributed by atoms with van der Waals surface area (Å²) in [6, 6.07) is 0.731. The van der Waals surface area contributed by atoms with Gasteiger partial charge in [-0.2, -0.15) is 0 Å². The van der Waals surface area contributed by atoms with Crippen molar-refractivity contribution >= 4 is 5.84 Å². The number of nitrogens with zero attached hydrogens (tertiary/aromatic N) is 1. The van der Waals surface area contributed by atoms with E-state index in [1.807, 2.05) is 13.8 Å². The van der Waals surface area contributed by atoms with Crippen molar-refractivity contribution < 1.29 is 5.21 Å². The molecule has 0 aromatic heterocycles. The quantitative estimate of drug-likeness (QED) is 0.210. The predicted molar refractivity (Wildman–Crippen MR) is 85.1 cm³/mol. The van der Waals surface area contributed by atoms with Crippen molar-refractivity contribution in [2.45, 2.75) is 78.2 Å². The van der Waals surface area contributed by atoms with E-state index in [4.69, 9.17) is 10.9 Å². The van der Waals surface area contributed by atoms with Gasteiger partial charge >= 0.3 is 0 Å². The van der Waals surface area contributed by atoms with E-state index in [2.05, 4.69) is 17.4 Å². The number of nitrogens with two attached hydrogens (primary N) is 1. The van der Waals surface area contributed by atoms with Crippen LogP contribution in [-0.4, -0.2) is 23.6 Å². The van der Waals surface area contributed by atoms with Gasteiger partial charge in [-0.15, -0.1) is 0 Å². The smallest absolute Gasteiger partial charge is 0.144 e. The summed E-state index contributed by atoms with van der Waals surface area (Å²) in [5.41, 5.74) is 5.49. The van der Waals surface area contributed by atoms with E-state index in [-0.39, 0.29) is 5.41 Å². The second kappa shape index (κ2) is 8.50. The van der Waals surface area contributed by atoms with Crippen molar-refractivity contribution in [3.63, 3.8) is 0 Å². The second-order valence-corrected chi connectivity index (χ2v) is 6.91. The van der Waals surface area contributed by atoms with Gasteiger partial charge in [-0.05, 0) is 51.0 Å². The molecule has 0 saturated heterocycles. The van der Waals surface area contributed by atoms with Gasteiger partial charge < -0.3 is 16.3 Å². The van der Waals surface area contributed by atoms with Crippen LogP contribution in [-0.2, 0) is 0 Å². The van der Waals surface area contributed by atoms with Crippen LogP contribution < -0.4 is 11.1 Å². The molecule has 1 fully saturated rings. The average molecular weight is 283 g/mol. The topological polar surface area (TPSA) is 70.6 Å². The van der Waals surface area contributed by atoms with Gasteiger partial charge in [0, 0.05) is 11.5 Å². The fourth-order valence-electron chi connectivity index (χ4n) is 3.04. The molecule has 0 radical (unpaired) electrons. The SMILES string of the molecule is CCC1CCC(NCCCCC(C)(C)C(N)=NO)CC1. The minimum atomic E-state index is -0.200. The van der Waals surface area contributed by atoms with Gasteiger partial charge in [0.05, 0.1) is 0 Å². The lowest BCUT2D eigenvalue weighted by Crippen LogP contribution is -2.34. The Bertz CT molecular complexity index is 294. The highest BCUT2D eigenvalue weighted by atomic mass is 16.4. The van der Waals surface area contributed by atoms with E-state index in [0.29, 0.717) is 5.84 Å². The Kier molecular flexibility index (Phi) is 7.35. The normalized spacial score (nSPS) is 24.9. The molecule has 1 rings (SSSR count). The highest BCUT2D eigenvalue weighted by Gasteiger charge is 2.23. The molecule has 1 aliphatic carbocycles. The molecular formula is C16H33N3O. The van der Waals surface area contributed by atoms with Gasteiger partial charge in [0.25, 0.3) is 0 Å². The van der Waals surface area contributed by atoms with Crippen molar-refractivity contribution in [2.24, 2.45) is 22.2 Å². The molecule has 1 saturated carbocycles. The van der Waals surface area contributed by atoms with Crippen LogP contribution >= 0.6 is 0 Å². The van der Waals surface area contributed by atoms with Gasteiger partial charge in [-0.3, -0.25) is 0 Å². The van der Waals surface area contributed by atoms with Crippen molar-refractivity contribution in [2.75, 3.05) is 6.54 Å². The molecule has 0 heterocycles. The number of hydrogen-bond acceptors (Lipinski definition) is 3. The number of rotatable bonds is 8. The molecular weight excluding hydrogens is 250 g/mol. The van der Waals surface area contributed by atoms with Crippen LogP contribution in [0.3, 0.4) is 0 Å². The number of unbranched alkanes of at least 4 members (excludes halogenated alkanes) is 1. The lowest BCUT2D eigenvalue weighted by molar-refractivity contribution is 0.283. The van der Waals surface area contributed by atoms with Crippen LogP contribution in [0.15, 0.2) is 5.16 Å². The highest BCUT2D eigenvalue weighted by Crippen LogP contribution is 2.26. The minimum Gasteiger partial charge on any atom is -0.409 e. The third-order valence-electron chi connectivity index (χ3n) is 4.89. The summed E-state index contributed by atoms with van der Waals surface area (Å²) in [5.74, 6) is 1.30. The third kappa shape index (κ3) is 5.70. The van der Waals surface area contributed by atoms with Crippen LogP contribution in [0.5, 0.6) is 0 Å². The Morgan fingerprint density at radius 1 is 1.25 bits per heavy atom. The Labute approximate surface area is 124 Å². The molecule has 4 nitrogen and oxygen atoms in total. The summed E-state index contributed by atoms with van der Waals surface area (Å²) in [7, 11) is 0. The first kappa shape index (κ1) is 17.3. The maximum atomic E-state index is 8.74. The zero-order valence-corrected chi connectivity index (χ0v) is 13.5. The molecule has 20 heavy (non-hydrogen) atoms. The van der Waals surface area contributed by atoms with Crippen LogP contribution in [0.25, 0.3) is 0 Å². The summed E-state index contributed by atoms with van der Waals surface area (Å²) in [4.78, 5) is 0. The first-order valence-corrected chi connectivity index (χ1v) is 8.21. The van der Waals surface area contributed by atoms with Crippen LogP contribution in [0.2, 0.25) is 0 Å². The van der Waals surface area contributed by atoms with Crippen molar-refractivity contribution in [1.29, 1.82) is 0 Å². The molecule has 0 amide bonds. The molecule has 0 bridgehead atoms. The number of hydrogen-bond donors (Lipinski definition) is 3. The molecule has 4 heteroatoms. The van der Waals surface area contributed by atoms with Crippen molar-refractivity contribution in [3.05, 3.63) is 0 Å². The fourth-order valence-corrected chi connectivity index (χ4v) is 3.04. The van der Waals surface area contributed by atoms with Crippen molar-refractivity contribution in [3.8, 4) is 0 Å². The van der Waals surface area contributed by atoms with Crippen LogP contribution in [0.4, 0.5) is 0 Å². The third-order valence-corrected chi connectivity index (χ3v) is 4.89. The molecule has 0 unspecified atom stereocenters. The molecule has 0 aromatic carbocycles. The number of oxime groups is 1. The molecule has 4 N–H and O–H groups in total. The monoisotopic (exact) mass is 283 g/mol. The van der Waals surface area contributed by atoms with Crippen LogP contribution in [0, 0.1) is 11.3 Å². The Morgan fingerprint density at radius 2 is 1.90 bits per heavy atom. The van der Waals surface area contributed by atoms with E-state index >= 15 is 0 Å². The van der Waals surface area contributed by atoms with E-state index in [0.717, 1.165) is 37.8 Å². The van der Waals surface area contributed by atoms with E-state index < -0.39 is 0 Å². The molecule has 0 aromatic rings. The zero-order valence-electron chi connectivity index (χ0n) is 13.5. The highest BCUT2D eigenvalue weighted by molar-refractivity contribution is 5.85. The summed E-state index contributed by atoms with van der Waals surface area (Å²) < 4.78 is 0. The standard InChI is InChI=1S/C16H33N3O/c1-4-13-7-9-14(10-8-13)18-12-6-5-11-16(2,3)15(17)19-20/h13-14,18,20H,4-12H2,1-3H3,(H2,17,19). The molecule has 0 atom stereocenters. The van der Waals surface area contributed by atoms with Gasteiger partial charge in [0.15, 0.2) is 0 Å². The predicted octanol–water partition coefficient (Wildman–Crippen LogP) is 3.49. The van der Waals surface area contributed by atoms with E-state index in [1.165, 1.54) is 32.1 Å². The average Bonchev–Trinajstić information content (AvgIpc) is 2.46.